The van der Waals surface area contributed by atoms with Gasteiger partial charge in [-0.2, -0.15) is 0 Å². The minimum Gasteiger partial charge on any atom is -0.369 e. The number of amides is 1. The summed E-state index contributed by atoms with van der Waals surface area (Å²) in [6.07, 6.45) is 5.41. The van der Waals surface area contributed by atoms with Gasteiger partial charge in [-0.3, -0.25) is 4.79 Å². The summed E-state index contributed by atoms with van der Waals surface area (Å²) in [5.41, 5.74) is 0.439. The Bertz CT molecular complexity index is 426. The molecule has 0 aliphatic heterocycles. The molecule has 1 N–H and O–H groups in total. The molecule has 104 valence electrons. The van der Waals surface area contributed by atoms with Crippen LogP contribution in [0.4, 0.5) is 5.82 Å². The lowest BCUT2D eigenvalue weighted by atomic mass is 10.2. The van der Waals surface area contributed by atoms with Crippen LogP contribution >= 0.6 is 0 Å². The smallest absolute Gasteiger partial charge is 0.274 e. The first-order valence-corrected chi connectivity index (χ1v) is 6.98. The molecule has 1 amide bonds. The number of anilines is 1. The lowest BCUT2D eigenvalue weighted by Crippen LogP contribution is -2.36. The fourth-order valence-corrected chi connectivity index (χ4v) is 2.04. The predicted molar refractivity (Wildman–Crippen MR) is 75.1 cm³/mol. The molecule has 1 fully saturated rings. The molecule has 1 heterocycles. The second-order valence-corrected chi connectivity index (χ2v) is 5.40. The Hall–Kier alpha value is -1.65. The van der Waals surface area contributed by atoms with Crippen LogP contribution in [0.25, 0.3) is 0 Å². The highest BCUT2D eigenvalue weighted by Gasteiger charge is 2.33. The number of hydrogen-bond donors (Lipinski definition) is 1. The molecule has 1 aromatic heterocycles. The van der Waals surface area contributed by atoms with E-state index < -0.39 is 0 Å². The molecule has 19 heavy (non-hydrogen) atoms. The van der Waals surface area contributed by atoms with Gasteiger partial charge in [0.15, 0.2) is 0 Å². The molecule has 0 bridgehead atoms. The van der Waals surface area contributed by atoms with E-state index in [2.05, 4.69) is 29.1 Å². The highest BCUT2D eigenvalue weighted by molar-refractivity contribution is 5.92. The summed E-state index contributed by atoms with van der Waals surface area (Å²) >= 11 is 0. The van der Waals surface area contributed by atoms with Crippen LogP contribution < -0.4 is 5.32 Å². The van der Waals surface area contributed by atoms with Gasteiger partial charge in [-0.1, -0.05) is 13.8 Å². The van der Waals surface area contributed by atoms with Gasteiger partial charge in [-0.25, -0.2) is 9.97 Å². The second kappa shape index (κ2) is 5.99. The first-order chi connectivity index (χ1) is 9.11. The van der Waals surface area contributed by atoms with E-state index in [1.54, 1.807) is 12.4 Å². The first-order valence-electron chi connectivity index (χ1n) is 6.98. The number of carbonyl (C=O) groups excluding carboxylic acids is 1. The SMILES string of the molecule is CCNc1cnc(C(=O)N(CC(C)C)C2CC2)cn1. The number of nitrogens with zero attached hydrogens (tertiary/aromatic N) is 3. The fraction of sp³-hybridized carbons (Fsp3) is 0.643. The van der Waals surface area contributed by atoms with Crippen LogP contribution in [0.15, 0.2) is 12.4 Å². The zero-order valence-corrected chi connectivity index (χ0v) is 11.9. The highest BCUT2D eigenvalue weighted by atomic mass is 16.2. The zero-order valence-electron chi connectivity index (χ0n) is 11.9. The topological polar surface area (TPSA) is 58.1 Å². The zero-order chi connectivity index (χ0) is 13.8. The van der Waals surface area contributed by atoms with Crippen molar-refractivity contribution >= 4 is 11.7 Å². The monoisotopic (exact) mass is 262 g/mol. The Labute approximate surface area is 114 Å². The van der Waals surface area contributed by atoms with Crippen LogP contribution in [-0.4, -0.2) is 39.9 Å². The van der Waals surface area contributed by atoms with Crippen LogP contribution in [0.1, 0.15) is 44.1 Å². The normalized spacial score (nSPS) is 14.5. The maximum atomic E-state index is 12.4. The van der Waals surface area contributed by atoms with Crippen molar-refractivity contribution in [3.05, 3.63) is 18.1 Å². The summed E-state index contributed by atoms with van der Waals surface area (Å²) < 4.78 is 0. The molecule has 0 saturated heterocycles. The van der Waals surface area contributed by atoms with Crippen molar-refractivity contribution in [2.45, 2.75) is 39.7 Å². The minimum absolute atomic E-state index is 0.00625. The lowest BCUT2D eigenvalue weighted by Gasteiger charge is -2.23. The molecular formula is C14H22N4O. The summed E-state index contributed by atoms with van der Waals surface area (Å²) in [5.74, 6) is 1.19. The van der Waals surface area contributed by atoms with E-state index >= 15 is 0 Å². The average Bonchev–Trinajstić information content (AvgIpc) is 3.20. The summed E-state index contributed by atoms with van der Waals surface area (Å²) in [7, 11) is 0. The Morgan fingerprint density at radius 2 is 2.16 bits per heavy atom. The van der Waals surface area contributed by atoms with Crippen molar-refractivity contribution in [1.29, 1.82) is 0 Å². The average molecular weight is 262 g/mol. The van der Waals surface area contributed by atoms with Crippen molar-refractivity contribution in [3.63, 3.8) is 0 Å². The van der Waals surface area contributed by atoms with Crippen LogP contribution in [0.3, 0.4) is 0 Å². The van der Waals surface area contributed by atoms with Crippen LogP contribution in [0.5, 0.6) is 0 Å². The number of carbonyl (C=O) groups is 1. The van der Waals surface area contributed by atoms with Crippen molar-refractivity contribution in [2.24, 2.45) is 5.92 Å². The molecule has 0 atom stereocenters. The van der Waals surface area contributed by atoms with Crippen molar-refractivity contribution in [1.82, 2.24) is 14.9 Å². The Kier molecular flexibility index (Phi) is 4.35. The number of aromatic nitrogens is 2. The van der Waals surface area contributed by atoms with Crippen LogP contribution in [-0.2, 0) is 0 Å². The predicted octanol–water partition coefficient (Wildman–Crippen LogP) is 2.17. The molecule has 2 rings (SSSR count). The number of nitrogens with one attached hydrogen (secondary N) is 1. The third kappa shape index (κ3) is 3.66. The number of hydrogen-bond acceptors (Lipinski definition) is 4. The van der Waals surface area contributed by atoms with E-state index in [-0.39, 0.29) is 5.91 Å². The fourth-order valence-electron chi connectivity index (χ4n) is 2.04. The van der Waals surface area contributed by atoms with Crippen molar-refractivity contribution in [2.75, 3.05) is 18.4 Å². The van der Waals surface area contributed by atoms with E-state index in [1.807, 2.05) is 11.8 Å². The molecule has 1 aliphatic rings. The van der Waals surface area contributed by atoms with Crippen LogP contribution in [0.2, 0.25) is 0 Å². The van der Waals surface area contributed by atoms with Gasteiger partial charge < -0.3 is 10.2 Å². The van der Waals surface area contributed by atoms with E-state index in [1.165, 1.54) is 0 Å². The largest absolute Gasteiger partial charge is 0.369 e. The Morgan fingerprint density at radius 3 is 2.63 bits per heavy atom. The second-order valence-electron chi connectivity index (χ2n) is 5.40. The minimum atomic E-state index is 0.00625. The molecule has 1 aromatic rings. The molecule has 0 aromatic carbocycles. The molecule has 5 heteroatoms. The van der Waals surface area contributed by atoms with Gasteiger partial charge in [0.1, 0.15) is 11.5 Å². The van der Waals surface area contributed by atoms with Crippen LogP contribution in [0, 0.1) is 5.92 Å². The van der Waals surface area contributed by atoms with E-state index in [9.17, 15) is 4.79 Å². The molecule has 0 unspecified atom stereocenters. The van der Waals surface area contributed by atoms with Gasteiger partial charge in [-0.05, 0) is 25.7 Å². The van der Waals surface area contributed by atoms with E-state index in [0.29, 0.717) is 23.5 Å². The highest BCUT2D eigenvalue weighted by Crippen LogP contribution is 2.28. The summed E-state index contributed by atoms with van der Waals surface area (Å²) in [6, 6.07) is 0.408. The molecular weight excluding hydrogens is 240 g/mol. The molecule has 5 nitrogen and oxygen atoms in total. The standard InChI is InChI=1S/C14H22N4O/c1-4-15-13-8-16-12(7-17-13)14(19)18(9-10(2)3)11-5-6-11/h7-8,10-11H,4-6,9H2,1-3H3,(H,15,17). The number of rotatable bonds is 6. The summed E-state index contributed by atoms with van der Waals surface area (Å²) in [4.78, 5) is 22.8. The van der Waals surface area contributed by atoms with Gasteiger partial charge in [0.05, 0.1) is 12.4 Å². The molecule has 1 aliphatic carbocycles. The molecule has 0 radical (unpaired) electrons. The third-order valence-corrected chi connectivity index (χ3v) is 3.04. The van der Waals surface area contributed by atoms with Gasteiger partial charge >= 0.3 is 0 Å². The van der Waals surface area contributed by atoms with E-state index in [4.69, 9.17) is 0 Å². The van der Waals surface area contributed by atoms with Crippen molar-refractivity contribution in [3.8, 4) is 0 Å². The van der Waals surface area contributed by atoms with Gasteiger partial charge in [0.2, 0.25) is 0 Å². The quantitative estimate of drug-likeness (QED) is 0.853. The summed E-state index contributed by atoms with van der Waals surface area (Å²) in [5, 5.41) is 3.07. The molecule has 1 saturated carbocycles. The Balaban J connectivity index is 2.07. The van der Waals surface area contributed by atoms with Crippen molar-refractivity contribution < 1.29 is 4.79 Å². The Morgan fingerprint density at radius 1 is 1.42 bits per heavy atom. The summed E-state index contributed by atoms with van der Waals surface area (Å²) in [6.45, 7) is 7.84. The lowest BCUT2D eigenvalue weighted by molar-refractivity contribution is 0.0716. The van der Waals surface area contributed by atoms with E-state index in [0.717, 1.165) is 25.9 Å². The van der Waals surface area contributed by atoms with Gasteiger partial charge in [0, 0.05) is 19.1 Å². The first kappa shape index (κ1) is 13.8. The molecule has 0 spiro atoms. The van der Waals surface area contributed by atoms with Gasteiger partial charge in [0.25, 0.3) is 5.91 Å². The van der Waals surface area contributed by atoms with Gasteiger partial charge in [-0.15, -0.1) is 0 Å². The maximum absolute atomic E-state index is 12.4. The third-order valence-electron chi connectivity index (χ3n) is 3.04. The maximum Gasteiger partial charge on any atom is 0.274 e.